The van der Waals surface area contributed by atoms with Crippen LogP contribution in [0.1, 0.15) is 29.7 Å². The van der Waals surface area contributed by atoms with Crippen molar-refractivity contribution in [3.63, 3.8) is 0 Å². The average Bonchev–Trinajstić information content (AvgIpc) is 3.66. The third-order valence-corrected chi connectivity index (χ3v) is 11.5. The van der Waals surface area contributed by atoms with Crippen molar-refractivity contribution in [2.75, 3.05) is 0 Å². The first-order valence-electron chi connectivity index (χ1n) is 19.2. The van der Waals surface area contributed by atoms with E-state index >= 15 is 0 Å². The summed E-state index contributed by atoms with van der Waals surface area (Å²) in [6.07, 6.45) is 0. The highest BCUT2D eigenvalue weighted by Crippen LogP contribution is 2.44. The second-order valence-corrected chi connectivity index (χ2v) is 14.8. The van der Waals surface area contributed by atoms with Gasteiger partial charge in [-0.05, 0) is 85.3 Å². The van der Waals surface area contributed by atoms with E-state index in [0.717, 1.165) is 55.7 Å². The number of aliphatic imine (C=N–C) groups is 1. The van der Waals surface area contributed by atoms with E-state index in [-0.39, 0.29) is 6.04 Å². The maximum Gasteiger partial charge on any atom is 0.143 e. The Hall–Kier alpha value is -7.23. The van der Waals surface area contributed by atoms with Gasteiger partial charge in [-0.15, -0.1) is 0 Å². The maximum atomic E-state index is 6.91. The van der Waals surface area contributed by atoms with Crippen molar-refractivity contribution in [2.24, 2.45) is 4.99 Å². The van der Waals surface area contributed by atoms with E-state index in [2.05, 4.69) is 200 Å². The summed E-state index contributed by atoms with van der Waals surface area (Å²) in [6.45, 7) is 2.21. The van der Waals surface area contributed by atoms with Gasteiger partial charge in [-0.3, -0.25) is 0 Å². The zero-order chi connectivity index (χ0) is 37.2. The van der Waals surface area contributed by atoms with E-state index in [1.807, 2.05) is 0 Å². The highest BCUT2D eigenvalue weighted by molar-refractivity contribution is 6.19. The molecule has 1 aliphatic rings. The van der Waals surface area contributed by atoms with Crippen molar-refractivity contribution >= 4 is 65.8 Å². The van der Waals surface area contributed by atoms with E-state index in [1.54, 1.807) is 0 Å². The summed E-state index contributed by atoms with van der Waals surface area (Å²) >= 11 is 0. The second kappa shape index (κ2) is 13.0. The molecule has 0 saturated heterocycles. The Kier molecular flexibility index (Phi) is 7.46. The predicted octanol–water partition coefficient (Wildman–Crippen LogP) is 13.9. The van der Waals surface area contributed by atoms with Crippen LogP contribution in [-0.2, 0) is 0 Å². The lowest BCUT2D eigenvalue weighted by atomic mass is 9.90. The number of furan rings is 1. The first-order valence-corrected chi connectivity index (χ1v) is 19.2. The Labute approximate surface area is 324 Å². The second-order valence-electron chi connectivity index (χ2n) is 14.8. The number of nitrogens with zero attached hydrogens (tertiary/aromatic N) is 1. The number of hydrogen-bond donors (Lipinski definition) is 1. The fraction of sp³-hybridized carbons (Fsp3) is 0.0377. The number of hydrogen-bond acceptors (Lipinski definition) is 3. The number of fused-ring (bicyclic) bond motifs is 7. The van der Waals surface area contributed by atoms with E-state index in [9.17, 15) is 0 Å². The minimum absolute atomic E-state index is 0.0956. The molecule has 3 nitrogen and oxygen atoms in total. The molecule has 1 N–H and O–H groups in total. The molecule has 1 aromatic heterocycles. The van der Waals surface area contributed by atoms with E-state index in [0.29, 0.717) is 0 Å². The smallest absolute Gasteiger partial charge is 0.143 e. The van der Waals surface area contributed by atoms with Crippen molar-refractivity contribution < 1.29 is 4.42 Å². The van der Waals surface area contributed by atoms with Gasteiger partial charge in [-0.1, -0.05) is 170 Å². The van der Waals surface area contributed by atoms with Gasteiger partial charge < -0.3 is 9.73 Å². The quantitative estimate of drug-likeness (QED) is 0.180. The van der Waals surface area contributed by atoms with Crippen LogP contribution in [0.15, 0.2) is 203 Å². The molecular formula is C53H36N2O. The van der Waals surface area contributed by atoms with Crippen LogP contribution in [0.2, 0.25) is 0 Å². The maximum absolute atomic E-state index is 6.91. The summed E-state index contributed by atoms with van der Waals surface area (Å²) in [4.78, 5) is 5.49. The zero-order valence-corrected chi connectivity index (χ0v) is 30.8. The van der Waals surface area contributed by atoms with Crippen LogP contribution in [0.5, 0.6) is 0 Å². The topological polar surface area (TPSA) is 37.5 Å². The van der Waals surface area contributed by atoms with Crippen molar-refractivity contribution in [3.8, 4) is 22.3 Å². The monoisotopic (exact) mass is 716 g/mol. The highest BCUT2D eigenvalue weighted by Gasteiger charge is 2.27. The summed E-state index contributed by atoms with van der Waals surface area (Å²) in [6, 6.07) is 67.1. The molecule has 0 aliphatic carbocycles. The molecule has 264 valence electrons. The third-order valence-electron chi connectivity index (χ3n) is 11.5. The molecule has 0 fully saturated rings. The Morgan fingerprint density at radius 2 is 1.11 bits per heavy atom. The minimum Gasteiger partial charge on any atom is -0.455 e. The normalized spacial score (nSPS) is 14.5. The van der Waals surface area contributed by atoms with Crippen molar-refractivity contribution in [3.05, 3.63) is 210 Å². The molecule has 11 rings (SSSR count). The average molecular weight is 717 g/mol. The van der Waals surface area contributed by atoms with Crippen LogP contribution in [0.25, 0.3) is 82.2 Å². The van der Waals surface area contributed by atoms with Gasteiger partial charge in [0.05, 0.1) is 11.7 Å². The fourth-order valence-electron chi connectivity index (χ4n) is 8.74. The Bertz CT molecular complexity index is 3220. The standard InChI is InChI=1S/C53H36N2O/c1-33-50(37-28-25-36(26-29-37)34-13-3-2-4-14-34)54-53(40-30-27-35-15-5-6-16-38(35)31-40)55-51(33)45-22-12-24-48-49(45)46-23-11-21-44(52(46)56-48)47-32-39-17-7-8-18-41(39)42-19-9-10-20-43(42)47/h2-32,50H,1H3,(H,54,55). The fourth-order valence-corrected chi connectivity index (χ4v) is 8.74. The summed E-state index contributed by atoms with van der Waals surface area (Å²) in [5.41, 5.74) is 11.8. The molecule has 0 bridgehead atoms. The highest BCUT2D eigenvalue weighted by atomic mass is 16.3. The van der Waals surface area contributed by atoms with Crippen molar-refractivity contribution in [2.45, 2.75) is 13.0 Å². The predicted molar refractivity (Wildman–Crippen MR) is 235 cm³/mol. The van der Waals surface area contributed by atoms with Crippen molar-refractivity contribution in [1.29, 1.82) is 0 Å². The number of para-hydroxylation sites is 1. The molecule has 0 spiro atoms. The summed E-state index contributed by atoms with van der Waals surface area (Å²) in [7, 11) is 0. The van der Waals surface area contributed by atoms with Gasteiger partial charge in [-0.25, -0.2) is 4.99 Å². The Morgan fingerprint density at radius 3 is 1.95 bits per heavy atom. The number of benzene rings is 9. The summed E-state index contributed by atoms with van der Waals surface area (Å²) in [5, 5.41) is 13.3. The first-order chi connectivity index (χ1) is 27.7. The third kappa shape index (κ3) is 5.24. The van der Waals surface area contributed by atoms with Gasteiger partial charge in [0, 0.05) is 27.5 Å². The molecule has 56 heavy (non-hydrogen) atoms. The Morgan fingerprint density at radius 1 is 0.464 bits per heavy atom. The molecule has 10 aromatic rings. The molecule has 1 atom stereocenters. The Balaban J connectivity index is 1.11. The lowest BCUT2D eigenvalue weighted by Crippen LogP contribution is -2.33. The summed E-state index contributed by atoms with van der Waals surface area (Å²) < 4.78 is 6.91. The van der Waals surface area contributed by atoms with Crippen LogP contribution in [0.4, 0.5) is 0 Å². The number of rotatable bonds is 5. The van der Waals surface area contributed by atoms with Gasteiger partial charge in [0.25, 0.3) is 0 Å². The molecule has 0 radical (unpaired) electrons. The number of nitrogens with one attached hydrogen (secondary N) is 1. The lowest BCUT2D eigenvalue weighted by molar-refractivity contribution is 0.670. The van der Waals surface area contributed by atoms with Gasteiger partial charge in [0.1, 0.15) is 17.0 Å². The van der Waals surface area contributed by atoms with E-state index in [4.69, 9.17) is 9.41 Å². The van der Waals surface area contributed by atoms with E-state index < -0.39 is 0 Å². The van der Waals surface area contributed by atoms with Gasteiger partial charge in [0.2, 0.25) is 0 Å². The van der Waals surface area contributed by atoms with E-state index in [1.165, 1.54) is 54.6 Å². The summed E-state index contributed by atoms with van der Waals surface area (Å²) in [5.74, 6) is 0.849. The molecule has 0 amide bonds. The number of amidine groups is 1. The lowest BCUT2D eigenvalue weighted by Gasteiger charge is -2.29. The molecule has 9 aromatic carbocycles. The van der Waals surface area contributed by atoms with Gasteiger partial charge in [-0.2, -0.15) is 0 Å². The largest absolute Gasteiger partial charge is 0.455 e. The first kappa shape index (κ1) is 32.2. The van der Waals surface area contributed by atoms with Crippen LogP contribution >= 0.6 is 0 Å². The van der Waals surface area contributed by atoms with Crippen LogP contribution in [0, 0.1) is 0 Å². The molecule has 2 heterocycles. The van der Waals surface area contributed by atoms with Crippen LogP contribution in [0.3, 0.4) is 0 Å². The molecule has 1 aliphatic heterocycles. The van der Waals surface area contributed by atoms with Crippen molar-refractivity contribution in [1.82, 2.24) is 5.32 Å². The SMILES string of the molecule is CC1=C(c2cccc3oc4c(-c5cc6ccccc6c6ccccc56)cccc4c23)N=C(c2ccc3ccccc3c2)NC1c1ccc(-c2ccccc2)cc1. The van der Waals surface area contributed by atoms with Gasteiger partial charge in [0.15, 0.2) is 0 Å². The van der Waals surface area contributed by atoms with Gasteiger partial charge >= 0.3 is 0 Å². The zero-order valence-electron chi connectivity index (χ0n) is 30.8. The molecular weight excluding hydrogens is 681 g/mol. The minimum atomic E-state index is -0.0956. The molecule has 3 heteroatoms. The molecule has 0 saturated carbocycles. The van der Waals surface area contributed by atoms with Crippen LogP contribution < -0.4 is 5.32 Å². The molecule has 1 unspecified atom stereocenters. The van der Waals surface area contributed by atoms with Crippen LogP contribution in [-0.4, -0.2) is 5.84 Å².